The molecule has 1 heterocycles. The first-order valence-electron chi connectivity index (χ1n) is 9.78. The minimum absolute atomic E-state index is 0.0626. The van der Waals surface area contributed by atoms with Crippen molar-refractivity contribution in [1.29, 1.82) is 0 Å². The van der Waals surface area contributed by atoms with E-state index in [1.165, 1.54) is 38.5 Å². The summed E-state index contributed by atoms with van der Waals surface area (Å²) in [5.41, 5.74) is 0. The van der Waals surface area contributed by atoms with Gasteiger partial charge in [-0.15, -0.1) is 0 Å². The van der Waals surface area contributed by atoms with E-state index >= 15 is 0 Å². The maximum Gasteiger partial charge on any atom is 0.339 e. The molecule has 1 saturated heterocycles. The first-order chi connectivity index (χ1) is 11.9. The van der Waals surface area contributed by atoms with E-state index in [9.17, 15) is 4.57 Å². The lowest BCUT2D eigenvalue weighted by Crippen LogP contribution is -2.50. The number of rotatable bonds is 13. The molecular formula is C18H38NO5P. The molecule has 150 valence electrons. The van der Waals surface area contributed by atoms with Gasteiger partial charge >= 0.3 is 7.60 Å². The van der Waals surface area contributed by atoms with E-state index in [1.807, 2.05) is 0 Å². The zero-order valence-corrected chi connectivity index (χ0v) is 17.0. The van der Waals surface area contributed by atoms with Crippen molar-refractivity contribution >= 4 is 7.60 Å². The fourth-order valence-corrected chi connectivity index (χ4v) is 4.18. The van der Waals surface area contributed by atoms with E-state index in [2.05, 4.69) is 19.2 Å². The molecule has 0 bridgehead atoms. The SMILES string of the molecule is CCCCCCCCC[C@@H]1OC[C@H](C)[C@H](OC)[C@@H]1CNCP(=O)(O)O. The number of methoxy groups -OCH3 is 1. The summed E-state index contributed by atoms with van der Waals surface area (Å²) in [6.07, 6.45) is 9.73. The third-order valence-electron chi connectivity index (χ3n) is 5.10. The molecule has 1 rings (SSSR count). The Morgan fingerprint density at radius 3 is 2.40 bits per heavy atom. The van der Waals surface area contributed by atoms with Crippen molar-refractivity contribution in [3.05, 3.63) is 0 Å². The maximum absolute atomic E-state index is 11.1. The van der Waals surface area contributed by atoms with Gasteiger partial charge in [-0.1, -0.05) is 58.8 Å². The van der Waals surface area contributed by atoms with Crippen LogP contribution in [-0.4, -0.2) is 48.5 Å². The van der Waals surface area contributed by atoms with Crippen molar-refractivity contribution in [2.24, 2.45) is 11.8 Å². The van der Waals surface area contributed by atoms with Crippen LogP contribution in [0.5, 0.6) is 0 Å². The predicted octanol–water partition coefficient (Wildman–Crippen LogP) is 3.52. The molecule has 4 atom stereocenters. The summed E-state index contributed by atoms with van der Waals surface area (Å²) in [5.74, 6) is 0.414. The average molecular weight is 379 g/mol. The summed E-state index contributed by atoms with van der Waals surface area (Å²) in [5, 5.41) is 2.91. The molecule has 0 amide bonds. The molecule has 1 aliphatic rings. The fraction of sp³-hybridized carbons (Fsp3) is 1.00. The summed E-state index contributed by atoms with van der Waals surface area (Å²) in [7, 11) is -2.31. The van der Waals surface area contributed by atoms with E-state index in [0.717, 1.165) is 12.8 Å². The molecule has 0 saturated carbocycles. The van der Waals surface area contributed by atoms with Gasteiger partial charge in [-0.3, -0.25) is 4.57 Å². The molecule has 3 N–H and O–H groups in total. The topological polar surface area (TPSA) is 88.0 Å². The van der Waals surface area contributed by atoms with Gasteiger partial charge in [-0.25, -0.2) is 0 Å². The van der Waals surface area contributed by atoms with Gasteiger partial charge in [-0.05, 0) is 6.42 Å². The van der Waals surface area contributed by atoms with Crippen LogP contribution in [0, 0.1) is 11.8 Å². The Labute approximate surface area is 153 Å². The van der Waals surface area contributed by atoms with Crippen molar-refractivity contribution in [2.45, 2.75) is 77.4 Å². The molecular weight excluding hydrogens is 341 g/mol. The summed E-state index contributed by atoms with van der Waals surface area (Å²) in [4.78, 5) is 18.1. The smallest absolute Gasteiger partial charge is 0.339 e. The zero-order valence-electron chi connectivity index (χ0n) is 16.2. The van der Waals surface area contributed by atoms with Crippen LogP contribution >= 0.6 is 7.60 Å². The molecule has 6 nitrogen and oxygen atoms in total. The molecule has 0 radical (unpaired) electrons. The lowest BCUT2D eigenvalue weighted by molar-refractivity contribution is -0.137. The molecule has 1 aliphatic heterocycles. The van der Waals surface area contributed by atoms with E-state index in [-0.39, 0.29) is 30.3 Å². The maximum atomic E-state index is 11.1. The van der Waals surface area contributed by atoms with Crippen LogP contribution in [0.2, 0.25) is 0 Å². The van der Waals surface area contributed by atoms with Gasteiger partial charge in [0.15, 0.2) is 0 Å². The van der Waals surface area contributed by atoms with Crippen molar-refractivity contribution < 1.29 is 23.8 Å². The van der Waals surface area contributed by atoms with Crippen LogP contribution < -0.4 is 5.32 Å². The van der Waals surface area contributed by atoms with Gasteiger partial charge in [0.25, 0.3) is 0 Å². The van der Waals surface area contributed by atoms with E-state index in [0.29, 0.717) is 13.2 Å². The molecule has 0 unspecified atom stereocenters. The highest BCUT2D eigenvalue weighted by Gasteiger charge is 2.38. The van der Waals surface area contributed by atoms with Crippen LogP contribution in [0.3, 0.4) is 0 Å². The minimum Gasteiger partial charge on any atom is -0.381 e. The van der Waals surface area contributed by atoms with Crippen LogP contribution in [0.4, 0.5) is 0 Å². The predicted molar refractivity (Wildman–Crippen MR) is 101 cm³/mol. The molecule has 0 aromatic rings. The van der Waals surface area contributed by atoms with Gasteiger partial charge in [0, 0.05) is 25.5 Å². The lowest BCUT2D eigenvalue weighted by Gasteiger charge is -2.41. The first kappa shape index (κ1) is 23.1. The Balaban J connectivity index is 2.42. The van der Waals surface area contributed by atoms with Gasteiger partial charge in [-0.2, -0.15) is 0 Å². The Morgan fingerprint density at radius 1 is 1.16 bits per heavy atom. The van der Waals surface area contributed by atoms with Crippen LogP contribution in [0.25, 0.3) is 0 Å². The normalized spacial score (nSPS) is 27.6. The molecule has 1 fully saturated rings. The Morgan fingerprint density at radius 2 is 1.80 bits per heavy atom. The highest BCUT2D eigenvalue weighted by Crippen LogP contribution is 2.34. The third-order valence-corrected chi connectivity index (χ3v) is 5.73. The molecule has 0 aliphatic carbocycles. The van der Waals surface area contributed by atoms with E-state index in [1.54, 1.807) is 7.11 Å². The number of hydrogen-bond acceptors (Lipinski definition) is 4. The summed E-state index contributed by atoms with van der Waals surface area (Å²) >= 11 is 0. The Kier molecular flexibility index (Phi) is 11.5. The van der Waals surface area contributed by atoms with Gasteiger partial charge in [0.1, 0.15) is 0 Å². The first-order valence-corrected chi connectivity index (χ1v) is 11.6. The second kappa shape index (κ2) is 12.4. The lowest BCUT2D eigenvalue weighted by atomic mass is 9.83. The summed E-state index contributed by atoms with van der Waals surface area (Å²) < 4.78 is 22.8. The molecule has 0 aromatic carbocycles. The van der Waals surface area contributed by atoms with Crippen molar-refractivity contribution in [2.75, 3.05) is 26.5 Å². The Hall–Kier alpha value is 0.0300. The van der Waals surface area contributed by atoms with Crippen LogP contribution in [-0.2, 0) is 14.0 Å². The molecule has 0 aromatic heterocycles. The van der Waals surface area contributed by atoms with Gasteiger partial charge in [0.2, 0.25) is 0 Å². The van der Waals surface area contributed by atoms with E-state index < -0.39 is 7.60 Å². The number of unbranched alkanes of at least 4 members (excludes halogenated alkanes) is 6. The van der Waals surface area contributed by atoms with Gasteiger partial charge < -0.3 is 24.6 Å². The number of ether oxygens (including phenoxy) is 2. The number of nitrogens with one attached hydrogen (secondary N) is 1. The second-order valence-electron chi connectivity index (χ2n) is 7.40. The van der Waals surface area contributed by atoms with Crippen LogP contribution in [0.1, 0.15) is 65.2 Å². The Bertz CT molecular complexity index is 390. The molecule has 0 spiro atoms. The van der Waals surface area contributed by atoms with Crippen LogP contribution in [0.15, 0.2) is 0 Å². The number of hydrogen-bond donors (Lipinski definition) is 3. The van der Waals surface area contributed by atoms with Gasteiger partial charge in [0.05, 0.1) is 25.1 Å². The molecule has 25 heavy (non-hydrogen) atoms. The zero-order chi connectivity index (χ0) is 18.7. The summed E-state index contributed by atoms with van der Waals surface area (Å²) in [6, 6.07) is 0. The highest BCUT2D eigenvalue weighted by atomic mass is 31.2. The second-order valence-corrected chi connectivity index (χ2v) is 9.05. The average Bonchev–Trinajstić information content (AvgIpc) is 2.54. The quantitative estimate of drug-likeness (QED) is 0.335. The standard InChI is InChI=1S/C18H38NO5P/c1-4-5-6-7-8-9-10-11-17-16(12-19-14-25(20,21)22)18(23-3)15(2)13-24-17/h15-19H,4-14H2,1-3H3,(H2,20,21,22)/t15-,16+,17-,18-/m0/s1. The fourth-order valence-electron chi connectivity index (χ4n) is 3.76. The van der Waals surface area contributed by atoms with Crippen molar-refractivity contribution in [3.63, 3.8) is 0 Å². The third kappa shape index (κ3) is 9.50. The summed E-state index contributed by atoms with van der Waals surface area (Å²) in [6.45, 7) is 5.53. The minimum atomic E-state index is -4.03. The van der Waals surface area contributed by atoms with Crippen molar-refractivity contribution in [3.8, 4) is 0 Å². The molecule has 7 heteroatoms. The highest BCUT2D eigenvalue weighted by molar-refractivity contribution is 7.51. The largest absolute Gasteiger partial charge is 0.381 e. The van der Waals surface area contributed by atoms with Crippen molar-refractivity contribution in [1.82, 2.24) is 5.32 Å². The van der Waals surface area contributed by atoms with E-state index in [4.69, 9.17) is 19.3 Å². The monoisotopic (exact) mass is 379 g/mol.